The van der Waals surface area contributed by atoms with Crippen LogP contribution in [0.1, 0.15) is 27.2 Å². The second-order valence-corrected chi connectivity index (χ2v) is 5.94. The highest BCUT2D eigenvalue weighted by molar-refractivity contribution is 5.85. The van der Waals surface area contributed by atoms with Gasteiger partial charge in [-0.05, 0) is 26.8 Å². The number of hydrogen-bond donors (Lipinski definition) is 4. The molecule has 0 fully saturated rings. The van der Waals surface area contributed by atoms with Gasteiger partial charge in [-0.1, -0.05) is 6.92 Å². The molecular formula is C16H33N5O4. The lowest BCUT2D eigenvalue weighted by Gasteiger charge is -2.21. The molecule has 0 aromatic carbocycles. The molecule has 3 amide bonds. The molecule has 4 N–H and O–H groups in total. The third-order valence-electron chi connectivity index (χ3n) is 3.03. The number of carbonyl (C=O) groups excluding carboxylic acids is 3. The highest BCUT2D eigenvalue weighted by atomic mass is 16.5. The third-order valence-corrected chi connectivity index (χ3v) is 3.03. The Balaban J connectivity index is 3.98. The smallest absolute Gasteiger partial charge is 0.239 e. The van der Waals surface area contributed by atoms with Crippen LogP contribution in [0.25, 0.3) is 0 Å². The van der Waals surface area contributed by atoms with Crippen LogP contribution in [0.15, 0.2) is 0 Å². The number of amides is 3. The summed E-state index contributed by atoms with van der Waals surface area (Å²) in [5.41, 5.74) is 0. The minimum Gasteiger partial charge on any atom is -0.364 e. The summed E-state index contributed by atoms with van der Waals surface area (Å²) in [6.07, 6.45) is 0.931. The third kappa shape index (κ3) is 13.3. The van der Waals surface area contributed by atoms with Crippen molar-refractivity contribution in [3.05, 3.63) is 0 Å². The summed E-state index contributed by atoms with van der Waals surface area (Å²) >= 11 is 0. The van der Waals surface area contributed by atoms with Crippen LogP contribution in [0.3, 0.4) is 0 Å². The van der Waals surface area contributed by atoms with E-state index in [0.29, 0.717) is 13.1 Å². The maximum absolute atomic E-state index is 12.0. The number of methoxy groups -OCH3 is 1. The molecule has 146 valence electrons. The second kappa shape index (κ2) is 14.6. The summed E-state index contributed by atoms with van der Waals surface area (Å²) in [5, 5.41) is 11.4. The van der Waals surface area contributed by atoms with Gasteiger partial charge in [0.2, 0.25) is 17.7 Å². The first-order valence-electron chi connectivity index (χ1n) is 8.64. The van der Waals surface area contributed by atoms with Crippen LogP contribution in [-0.2, 0) is 19.1 Å². The van der Waals surface area contributed by atoms with Crippen molar-refractivity contribution in [2.75, 3.05) is 53.1 Å². The van der Waals surface area contributed by atoms with E-state index in [1.54, 1.807) is 0 Å². The normalized spacial score (nSPS) is 10.6. The van der Waals surface area contributed by atoms with E-state index in [-0.39, 0.29) is 50.1 Å². The zero-order valence-corrected chi connectivity index (χ0v) is 15.8. The van der Waals surface area contributed by atoms with Crippen LogP contribution >= 0.6 is 0 Å². The summed E-state index contributed by atoms with van der Waals surface area (Å²) in [5.74, 6) is -0.541. The van der Waals surface area contributed by atoms with Crippen LogP contribution in [0, 0.1) is 0 Å². The zero-order valence-electron chi connectivity index (χ0n) is 15.8. The van der Waals surface area contributed by atoms with Crippen LogP contribution < -0.4 is 21.3 Å². The van der Waals surface area contributed by atoms with Gasteiger partial charge in [-0.3, -0.25) is 14.4 Å². The first kappa shape index (κ1) is 23.3. The van der Waals surface area contributed by atoms with E-state index >= 15 is 0 Å². The zero-order chi connectivity index (χ0) is 19.1. The molecule has 0 aliphatic carbocycles. The van der Waals surface area contributed by atoms with Gasteiger partial charge in [-0.25, -0.2) is 0 Å². The molecule has 0 atom stereocenters. The average molecular weight is 359 g/mol. The Bertz CT molecular complexity index is 404. The molecule has 9 heteroatoms. The topological polar surface area (TPSA) is 112 Å². The fraction of sp³-hybridized carbons (Fsp3) is 0.812. The van der Waals surface area contributed by atoms with Crippen molar-refractivity contribution in [3.63, 3.8) is 0 Å². The van der Waals surface area contributed by atoms with E-state index in [1.807, 2.05) is 20.8 Å². The lowest BCUT2D eigenvalue weighted by molar-refractivity contribution is -0.139. The molecule has 0 spiro atoms. The molecule has 0 unspecified atom stereocenters. The van der Waals surface area contributed by atoms with E-state index in [1.165, 1.54) is 12.0 Å². The molecule has 0 radical (unpaired) electrons. The lowest BCUT2D eigenvalue weighted by atomic mass is 10.4. The number of carbonyl (C=O) groups is 3. The monoisotopic (exact) mass is 359 g/mol. The van der Waals surface area contributed by atoms with Crippen molar-refractivity contribution in [3.8, 4) is 0 Å². The van der Waals surface area contributed by atoms with E-state index in [9.17, 15) is 14.4 Å². The molecule has 0 aromatic heterocycles. The van der Waals surface area contributed by atoms with Crippen LogP contribution in [0.2, 0.25) is 0 Å². The minimum absolute atomic E-state index is 0.0612. The molecule has 0 aromatic rings. The lowest BCUT2D eigenvalue weighted by Crippen LogP contribution is -2.46. The second-order valence-electron chi connectivity index (χ2n) is 5.94. The van der Waals surface area contributed by atoms with Gasteiger partial charge in [0.15, 0.2) is 0 Å². The first-order chi connectivity index (χ1) is 11.9. The summed E-state index contributed by atoms with van der Waals surface area (Å²) in [6.45, 7) is 7.76. The van der Waals surface area contributed by atoms with Crippen molar-refractivity contribution >= 4 is 17.7 Å². The van der Waals surface area contributed by atoms with Gasteiger partial charge in [-0.2, -0.15) is 0 Å². The molecule has 0 saturated heterocycles. The van der Waals surface area contributed by atoms with E-state index < -0.39 is 0 Å². The van der Waals surface area contributed by atoms with Gasteiger partial charge in [0.05, 0.1) is 13.1 Å². The van der Waals surface area contributed by atoms with Gasteiger partial charge in [-0.15, -0.1) is 0 Å². The van der Waals surface area contributed by atoms with Crippen LogP contribution in [0.4, 0.5) is 0 Å². The molecule has 25 heavy (non-hydrogen) atoms. The Morgan fingerprint density at radius 1 is 1.00 bits per heavy atom. The minimum atomic E-state index is -0.269. The van der Waals surface area contributed by atoms with Crippen LogP contribution in [-0.4, -0.2) is 81.8 Å². The Kier molecular flexibility index (Phi) is 13.6. The van der Waals surface area contributed by atoms with E-state index in [2.05, 4.69) is 21.3 Å². The average Bonchev–Trinajstić information content (AvgIpc) is 2.53. The van der Waals surface area contributed by atoms with E-state index in [0.717, 1.165) is 13.0 Å². The highest BCUT2D eigenvalue weighted by Gasteiger charge is 2.16. The van der Waals surface area contributed by atoms with Crippen molar-refractivity contribution in [2.24, 2.45) is 0 Å². The predicted molar refractivity (Wildman–Crippen MR) is 95.9 cm³/mol. The summed E-state index contributed by atoms with van der Waals surface area (Å²) < 4.78 is 4.97. The molecule has 0 rings (SSSR count). The Morgan fingerprint density at radius 3 is 2.28 bits per heavy atom. The standard InChI is InChI=1S/C16H33N5O4/c1-5-6-17-10-16(24)21(12-25-4)11-15(23)19-8-7-18-9-14(22)20-13(2)3/h13,17-18H,5-12H2,1-4H3,(H,19,23)(H,20,22). The number of ether oxygens (including phenoxy) is 1. The largest absolute Gasteiger partial charge is 0.364 e. The van der Waals surface area contributed by atoms with Crippen LogP contribution in [0.5, 0.6) is 0 Å². The maximum atomic E-state index is 12.0. The Hall–Kier alpha value is -1.71. The fourth-order valence-corrected chi connectivity index (χ4v) is 1.94. The van der Waals surface area contributed by atoms with E-state index in [4.69, 9.17) is 4.74 Å². The van der Waals surface area contributed by atoms with Crippen molar-refractivity contribution < 1.29 is 19.1 Å². The van der Waals surface area contributed by atoms with Gasteiger partial charge >= 0.3 is 0 Å². The molecule has 0 heterocycles. The summed E-state index contributed by atoms with van der Waals surface area (Å²) in [7, 11) is 1.48. The number of nitrogens with zero attached hydrogens (tertiary/aromatic N) is 1. The molecule has 0 aliphatic rings. The van der Waals surface area contributed by atoms with Crippen molar-refractivity contribution in [1.82, 2.24) is 26.2 Å². The van der Waals surface area contributed by atoms with Crippen molar-refractivity contribution in [1.29, 1.82) is 0 Å². The number of nitrogens with one attached hydrogen (secondary N) is 4. The molecule has 0 aliphatic heterocycles. The van der Waals surface area contributed by atoms with Gasteiger partial charge in [0.25, 0.3) is 0 Å². The maximum Gasteiger partial charge on any atom is 0.239 e. The Morgan fingerprint density at radius 2 is 1.68 bits per heavy atom. The predicted octanol–water partition coefficient (Wildman–Crippen LogP) is -1.35. The molecule has 9 nitrogen and oxygen atoms in total. The highest BCUT2D eigenvalue weighted by Crippen LogP contribution is 1.90. The summed E-state index contributed by atoms with van der Waals surface area (Å²) in [6, 6.07) is 0.102. The SMILES string of the molecule is CCCNCC(=O)N(COC)CC(=O)NCCNCC(=O)NC(C)C. The molecule has 0 saturated carbocycles. The fourth-order valence-electron chi connectivity index (χ4n) is 1.94. The molecule has 0 bridgehead atoms. The quantitative estimate of drug-likeness (QED) is 0.225. The first-order valence-corrected chi connectivity index (χ1v) is 8.64. The van der Waals surface area contributed by atoms with Gasteiger partial charge in [0.1, 0.15) is 13.3 Å². The van der Waals surface area contributed by atoms with Crippen molar-refractivity contribution in [2.45, 2.75) is 33.2 Å². The Labute approximate surface area is 150 Å². The van der Waals surface area contributed by atoms with Gasteiger partial charge < -0.3 is 30.9 Å². The molecular weight excluding hydrogens is 326 g/mol. The number of hydrogen-bond acceptors (Lipinski definition) is 6. The van der Waals surface area contributed by atoms with Gasteiger partial charge in [0, 0.05) is 26.2 Å². The number of rotatable bonds is 14. The summed E-state index contributed by atoms with van der Waals surface area (Å²) in [4.78, 5) is 36.7.